The van der Waals surface area contributed by atoms with Crippen molar-refractivity contribution in [3.05, 3.63) is 0 Å². The summed E-state index contributed by atoms with van der Waals surface area (Å²) in [6, 6.07) is -2.05. The zero-order valence-corrected chi connectivity index (χ0v) is 11.1. The average molecular weight is 259 g/mol. The van der Waals surface area contributed by atoms with Crippen LogP contribution in [0.4, 0.5) is 0 Å². The molecular formula is C12H25N3O3. The standard InChI is InChI=1S/C12H25N3O3/c1-7(2)6-10(15)11(16)8(13)4-3-5-9(14)12(17)18/h7-10H,3-6,13-15H2,1-2H3,(H,17,18)/t8?,9-,10-/m0/s1. The summed E-state index contributed by atoms with van der Waals surface area (Å²) < 4.78 is 0. The maximum Gasteiger partial charge on any atom is 0.320 e. The van der Waals surface area contributed by atoms with Crippen LogP contribution in [0.25, 0.3) is 0 Å². The zero-order valence-electron chi connectivity index (χ0n) is 11.1. The van der Waals surface area contributed by atoms with Crippen molar-refractivity contribution < 1.29 is 14.7 Å². The molecule has 106 valence electrons. The summed E-state index contributed by atoms with van der Waals surface area (Å²) in [4.78, 5) is 22.3. The van der Waals surface area contributed by atoms with E-state index >= 15 is 0 Å². The van der Waals surface area contributed by atoms with Crippen LogP contribution in [0.5, 0.6) is 0 Å². The van der Waals surface area contributed by atoms with Gasteiger partial charge < -0.3 is 22.3 Å². The van der Waals surface area contributed by atoms with Crippen molar-refractivity contribution in [3.63, 3.8) is 0 Å². The van der Waals surface area contributed by atoms with Gasteiger partial charge in [0.1, 0.15) is 6.04 Å². The third-order valence-electron chi connectivity index (χ3n) is 2.80. The average Bonchev–Trinajstić information content (AvgIpc) is 2.26. The number of Topliss-reactive ketones (excluding diaryl/α,β-unsaturated/α-hetero) is 1. The molecule has 0 radical (unpaired) electrons. The summed E-state index contributed by atoms with van der Waals surface area (Å²) in [6.07, 6.45) is 1.86. The topological polar surface area (TPSA) is 132 Å². The highest BCUT2D eigenvalue weighted by Crippen LogP contribution is 2.08. The van der Waals surface area contributed by atoms with E-state index in [0.29, 0.717) is 31.6 Å². The minimum Gasteiger partial charge on any atom is -0.480 e. The highest BCUT2D eigenvalue weighted by molar-refractivity contribution is 5.88. The van der Waals surface area contributed by atoms with Crippen molar-refractivity contribution in [3.8, 4) is 0 Å². The predicted octanol–water partition coefficient (Wildman–Crippen LogP) is -0.162. The largest absolute Gasteiger partial charge is 0.480 e. The molecule has 0 aromatic carbocycles. The molecule has 7 N–H and O–H groups in total. The van der Waals surface area contributed by atoms with E-state index in [4.69, 9.17) is 22.3 Å². The lowest BCUT2D eigenvalue weighted by molar-refractivity contribution is -0.138. The first-order chi connectivity index (χ1) is 8.25. The SMILES string of the molecule is CC(C)C[C@H](N)C(=O)C(N)CCC[C@H](N)C(=O)O. The Morgan fingerprint density at radius 2 is 1.50 bits per heavy atom. The Hall–Kier alpha value is -0.980. The van der Waals surface area contributed by atoms with Crippen molar-refractivity contribution in [2.75, 3.05) is 0 Å². The van der Waals surface area contributed by atoms with Crippen molar-refractivity contribution in [1.82, 2.24) is 0 Å². The third kappa shape index (κ3) is 6.68. The van der Waals surface area contributed by atoms with E-state index in [-0.39, 0.29) is 5.78 Å². The van der Waals surface area contributed by atoms with Gasteiger partial charge in [0.15, 0.2) is 5.78 Å². The van der Waals surface area contributed by atoms with Gasteiger partial charge in [-0.05, 0) is 31.6 Å². The lowest BCUT2D eigenvalue weighted by Crippen LogP contribution is -2.44. The van der Waals surface area contributed by atoms with Crippen LogP contribution in [-0.4, -0.2) is 35.0 Å². The van der Waals surface area contributed by atoms with Crippen molar-refractivity contribution in [1.29, 1.82) is 0 Å². The molecule has 0 heterocycles. The van der Waals surface area contributed by atoms with Gasteiger partial charge in [-0.25, -0.2) is 0 Å². The lowest BCUT2D eigenvalue weighted by Gasteiger charge is -2.18. The fourth-order valence-electron chi connectivity index (χ4n) is 1.72. The normalized spacial score (nSPS) is 16.3. The van der Waals surface area contributed by atoms with Crippen LogP contribution in [0.2, 0.25) is 0 Å². The molecule has 1 unspecified atom stereocenters. The molecule has 3 atom stereocenters. The number of carboxylic acid groups (broad SMARTS) is 1. The van der Waals surface area contributed by atoms with E-state index in [2.05, 4.69) is 0 Å². The van der Waals surface area contributed by atoms with Gasteiger partial charge in [-0.3, -0.25) is 9.59 Å². The van der Waals surface area contributed by atoms with E-state index in [1.807, 2.05) is 13.8 Å². The second kappa shape index (κ2) is 8.18. The van der Waals surface area contributed by atoms with Gasteiger partial charge in [0.25, 0.3) is 0 Å². The minimum atomic E-state index is -1.04. The molecule has 0 spiro atoms. The molecule has 0 aromatic rings. The predicted molar refractivity (Wildman–Crippen MR) is 69.9 cm³/mol. The summed E-state index contributed by atoms with van der Waals surface area (Å²) in [5.41, 5.74) is 16.8. The van der Waals surface area contributed by atoms with Crippen LogP contribution in [-0.2, 0) is 9.59 Å². The number of aliphatic carboxylic acids is 1. The van der Waals surface area contributed by atoms with Gasteiger partial charge in [-0.15, -0.1) is 0 Å². The van der Waals surface area contributed by atoms with Gasteiger partial charge in [0.2, 0.25) is 0 Å². The summed E-state index contributed by atoms with van der Waals surface area (Å²) in [5, 5.41) is 8.60. The fourth-order valence-corrected chi connectivity index (χ4v) is 1.72. The molecule has 0 aliphatic heterocycles. The smallest absolute Gasteiger partial charge is 0.320 e. The van der Waals surface area contributed by atoms with Crippen LogP contribution >= 0.6 is 0 Å². The maximum absolute atomic E-state index is 11.8. The molecule has 6 nitrogen and oxygen atoms in total. The molecule has 0 amide bonds. The Morgan fingerprint density at radius 1 is 1.00 bits per heavy atom. The van der Waals surface area contributed by atoms with E-state index in [9.17, 15) is 9.59 Å². The van der Waals surface area contributed by atoms with Crippen molar-refractivity contribution >= 4 is 11.8 Å². The third-order valence-corrected chi connectivity index (χ3v) is 2.80. The van der Waals surface area contributed by atoms with Gasteiger partial charge >= 0.3 is 5.97 Å². The van der Waals surface area contributed by atoms with Gasteiger partial charge in [0, 0.05) is 0 Å². The Bertz CT molecular complexity index is 282. The van der Waals surface area contributed by atoms with Crippen LogP contribution in [0, 0.1) is 5.92 Å². The number of rotatable bonds is 9. The van der Waals surface area contributed by atoms with E-state index in [1.54, 1.807) is 0 Å². The number of ketones is 1. The number of carbonyl (C=O) groups is 2. The number of carboxylic acids is 1. The van der Waals surface area contributed by atoms with Crippen LogP contribution in [0.15, 0.2) is 0 Å². The first-order valence-corrected chi connectivity index (χ1v) is 6.29. The van der Waals surface area contributed by atoms with Crippen LogP contribution < -0.4 is 17.2 Å². The molecule has 0 saturated carbocycles. The molecule has 0 saturated heterocycles. The highest BCUT2D eigenvalue weighted by Gasteiger charge is 2.22. The highest BCUT2D eigenvalue weighted by atomic mass is 16.4. The molecule has 0 fully saturated rings. The van der Waals surface area contributed by atoms with Gasteiger partial charge in [-0.2, -0.15) is 0 Å². The Morgan fingerprint density at radius 3 is 1.94 bits per heavy atom. The minimum absolute atomic E-state index is 0.160. The first kappa shape index (κ1) is 17.0. The Labute approximate surface area is 108 Å². The van der Waals surface area contributed by atoms with E-state index < -0.39 is 24.1 Å². The Kier molecular flexibility index (Phi) is 7.73. The van der Waals surface area contributed by atoms with Crippen molar-refractivity contribution in [2.45, 2.75) is 57.7 Å². The number of hydrogen-bond donors (Lipinski definition) is 4. The maximum atomic E-state index is 11.8. The first-order valence-electron chi connectivity index (χ1n) is 6.29. The van der Waals surface area contributed by atoms with Crippen LogP contribution in [0.3, 0.4) is 0 Å². The second-order valence-electron chi connectivity index (χ2n) is 5.12. The number of nitrogens with two attached hydrogens (primary N) is 3. The number of carbonyl (C=O) groups excluding carboxylic acids is 1. The molecule has 6 heteroatoms. The summed E-state index contributed by atoms with van der Waals surface area (Å²) in [7, 11) is 0. The molecule has 0 aromatic heterocycles. The summed E-state index contributed by atoms with van der Waals surface area (Å²) in [5.74, 6) is -0.851. The summed E-state index contributed by atoms with van der Waals surface area (Å²) >= 11 is 0. The monoisotopic (exact) mass is 259 g/mol. The second-order valence-corrected chi connectivity index (χ2v) is 5.12. The van der Waals surface area contributed by atoms with Gasteiger partial charge in [-0.1, -0.05) is 13.8 Å². The molecular weight excluding hydrogens is 234 g/mol. The molecule has 18 heavy (non-hydrogen) atoms. The number of hydrogen-bond acceptors (Lipinski definition) is 5. The van der Waals surface area contributed by atoms with Crippen LogP contribution in [0.1, 0.15) is 39.5 Å². The molecule has 0 aliphatic rings. The Balaban J connectivity index is 3.98. The van der Waals surface area contributed by atoms with E-state index in [1.165, 1.54) is 0 Å². The van der Waals surface area contributed by atoms with Crippen molar-refractivity contribution in [2.24, 2.45) is 23.1 Å². The van der Waals surface area contributed by atoms with E-state index in [0.717, 1.165) is 0 Å². The summed E-state index contributed by atoms with van der Waals surface area (Å²) in [6.45, 7) is 3.98. The fraction of sp³-hybridized carbons (Fsp3) is 0.833. The quantitative estimate of drug-likeness (QED) is 0.454. The molecule has 0 bridgehead atoms. The zero-order chi connectivity index (χ0) is 14.3. The molecule has 0 rings (SSSR count). The molecule has 0 aliphatic carbocycles. The van der Waals surface area contributed by atoms with Gasteiger partial charge in [0.05, 0.1) is 12.1 Å². The lowest BCUT2D eigenvalue weighted by atomic mass is 9.94.